The van der Waals surface area contributed by atoms with E-state index in [0.29, 0.717) is 18.0 Å². The maximum atomic E-state index is 10.9. The van der Waals surface area contributed by atoms with Crippen molar-refractivity contribution in [3.63, 3.8) is 0 Å². The number of rotatable bonds is 3. The van der Waals surface area contributed by atoms with E-state index in [1.807, 2.05) is 10.9 Å². The summed E-state index contributed by atoms with van der Waals surface area (Å²) in [5.74, 6) is 0.356. The summed E-state index contributed by atoms with van der Waals surface area (Å²) in [6.45, 7) is 4.21. The Kier molecular flexibility index (Phi) is 3.95. The molecule has 4 nitrogen and oxygen atoms in total. The molecule has 1 aromatic heterocycles. The van der Waals surface area contributed by atoms with Crippen LogP contribution in [0.15, 0.2) is 10.7 Å². The minimum atomic E-state index is -0.411. The summed E-state index contributed by atoms with van der Waals surface area (Å²) in [6, 6.07) is 1.58. The Bertz CT molecular complexity index is 473. The van der Waals surface area contributed by atoms with Crippen LogP contribution in [0.4, 0.5) is 0 Å². The summed E-state index contributed by atoms with van der Waals surface area (Å²) < 4.78 is 2.89. The van der Waals surface area contributed by atoms with Crippen molar-refractivity contribution in [2.45, 2.75) is 63.8 Å². The predicted octanol–water partition coefficient (Wildman–Crippen LogP) is 3.13. The first-order valence-corrected chi connectivity index (χ1v) is 8.41. The smallest absolute Gasteiger partial charge is 0.0997 e. The highest BCUT2D eigenvalue weighted by atomic mass is 79.9. The van der Waals surface area contributed by atoms with Crippen LogP contribution >= 0.6 is 15.9 Å². The fraction of sp³-hybridized carbons (Fsp3) is 0.800. The highest BCUT2D eigenvalue weighted by Crippen LogP contribution is 2.43. The molecule has 20 heavy (non-hydrogen) atoms. The van der Waals surface area contributed by atoms with Crippen molar-refractivity contribution in [3.05, 3.63) is 16.4 Å². The van der Waals surface area contributed by atoms with E-state index in [9.17, 15) is 5.11 Å². The minimum absolute atomic E-state index is 0.272. The molecular weight excluding hydrogens is 318 g/mol. The van der Waals surface area contributed by atoms with Gasteiger partial charge >= 0.3 is 0 Å². The van der Waals surface area contributed by atoms with E-state index in [-0.39, 0.29) is 6.04 Å². The first-order chi connectivity index (χ1) is 9.49. The van der Waals surface area contributed by atoms with E-state index < -0.39 is 6.10 Å². The molecule has 0 amide bonds. The molecule has 3 heterocycles. The van der Waals surface area contributed by atoms with Crippen LogP contribution < -0.4 is 0 Å². The Hall–Kier alpha value is -0.390. The molecule has 1 aromatic rings. The van der Waals surface area contributed by atoms with Crippen molar-refractivity contribution in [1.29, 1.82) is 0 Å². The van der Waals surface area contributed by atoms with Crippen LogP contribution in [0, 0.1) is 5.92 Å². The van der Waals surface area contributed by atoms with Crippen molar-refractivity contribution >= 4 is 15.9 Å². The van der Waals surface area contributed by atoms with Crippen LogP contribution in [0.2, 0.25) is 0 Å². The third-order valence-electron chi connectivity index (χ3n) is 5.14. The third kappa shape index (κ3) is 2.34. The fourth-order valence-corrected chi connectivity index (χ4v) is 4.48. The van der Waals surface area contributed by atoms with Gasteiger partial charge < -0.3 is 10.0 Å². The quantitative estimate of drug-likeness (QED) is 0.918. The fourth-order valence-electron chi connectivity index (χ4n) is 3.97. The largest absolute Gasteiger partial charge is 0.386 e. The molecule has 2 bridgehead atoms. The minimum Gasteiger partial charge on any atom is -0.386 e. The molecule has 3 rings (SSSR count). The summed E-state index contributed by atoms with van der Waals surface area (Å²) in [4.78, 5) is 2.51. The van der Waals surface area contributed by atoms with Crippen LogP contribution in [-0.2, 0) is 0 Å². The summed E-state index contributed by atoms with van der Waals surface area (Å²) in [6.07, 6.45) is 6.17. The predicted molar refractivity (Wildman–Crippen MR) is 82.6 cm³/mol. The lowest BCUT2D eigenvalue weighted by atomic mass is 9.85. The van der Waals surface area contributed by atoms with Gasteiger partial charge in [-0.15, -0.1) is 0 Å². The van der Waals surface area contributed by atoms with E-state index in [1.54, 1.807) is 0 Å². The zero-order chi connectivity index (χ0) is 14.4. The molecule has 2 aliphatic heterocycles. The third-order valence-corrected chi connectivity index (χ3v) is 5.75. The number of piperidine rings is 1. The highest BCUT2D eigenvalue weighted by Gasteiger charge is 2.42. The molecule has 3 atom stereocenters. The summed E-state index contributed by atoms with van der Waals surface area (Å²) in [5, 5.41) is 15.3. The van der Waals surface area contributed by atoms with Gasteiger partial charge in [-0.05, 0) is 68.4 Å². The molecule has 2 saturated heterocycles. The van der Waals surface area contributed by atoms with E-state index in [1.165, 1.54) is 12.8 Å². The van der Waals surface area contributed by atoms with E-state index >= 15 is 0 Å². The average Bonchev–Trinajstić information content (AvgIpc) is 2.85. The van der Waals surface area contributed by atoms with Gasteiger partial charge in [0.2, 0.25) is 0 Å². The Labute approximate surface area is 129 Å². The molecule has 0 saturated carbocycles. The van der Waals surface area contributed by atoms with Crippen molar-refractivity contribution in [1.82, 2.24) is 14.7 Å². The normalized spacial score (nSPS) is 32.0. The Balaban J connectivity index is 1.83. The summed E-state index contributed by atoms with van der Waals surface area (Å²) in [7, 11) is 2.24. The van der Waals surface area contributed by atoms with Gasteiger partial charge in [0.15, 0.2) is 0 Å². The van der Waals surface area contributed by atoms with Gasteiger partial charge in [0, 0.05) is 18.1 Å². The van der Waals surface area contributed by atoms with Gasteiger partial charge in [-0.1, -0.05) is 0 Å². The first kappa shape index (κ1) is 14.5. The topological polar surface area (TPSA) is 41.3 Å². The number of hydrogen-bond donors (Lipinski definition) is 1. The molecule has 0 radical (unpaired) electrons. The zero-order valence-corrected chi connectivity index (χ0v) is 14.0. The van der Waals surface area contributed by atoms with Gasteiger partial charge in [0.05, 0.1) is 22.5 Å². The summed E-state index contributed by atoms with van der Waals surface area (Å²) in [5.41, 5.74) is 0.953. The Morgan fingerprint density at radius 3 is 2.45 bits per heavy atom. The lowest BCUT2D eigenvalue weighted by Crippen LogP contribution is -2.41. The monoisotopic (exact) mass is 341 g/mol. The van der Waals surface area contributed by atoms with Gasteiger partial charge in [0.25, 0.3) is 0 Å². The molecule has 2 fully saturated rings. The molecule has 0 spiro atoms. The maximum absolute atomic E-state index is 10.9. The van der Waals surface area contributed by atoms with E-state index in [4.69, 9.17) is 0 Å². The van der Waals surface area contributed by atoms with Gasteiger partial charge in [0.1, 0.15) is 0 Å². The molecule has 3 unspecified atom stereocenters. The lowest BCUT2D eigenvalue weighted by molar-refractivity contribution is 0.0296. The number of fused-ring (bicyclic) bond motifs is 2. The molecule has 112 valence electrons. The SMILES string of the molecule is CC(C)n1ncc(Br)c1C(O)C1CC2CCC(C1)N2C. The molecule has 0 aliphatic carbocycles. The van der Waals surface area contributed by atoms with E-state index in [0.717, 1.165) is 23.0 Å². The molecule has 5 heteroatoms. The van der Waals surface area contributed by atoms with Crippen molar-refractivity contribution < 1.29 is 5.11 Å². The number of aromatic nitrogens is 2. The Morgan fingerprint density at radius 1 is 1.30 bits per heavy atom. The number of aliphatic hydroxyl groups is 1. The van der Waals surface area contributed by atoms with Crippen LogP contribution in [-0.4, -0.2) is 38.9 Å². The number of hydrogen-bond acceptors (Lipinski definition) is 3. The van der Waals surface area contributed by atoms with Crippen molar-refractivity contribution in [2.75, 3.05) is 7.05 Å². The lowest BCUT2D eigenvalue weighted by Gasteiger charge is -2.38. The van der Waals surface area contributed by atoms with E-state index in [2.05, 4.69) is 46.8 Å². The van der Waals surface area contributed by atoms with Crippen molar-refractivity contribution in [2.24, 2.45) is 5.92 Å². The highest BCUT2D eigenvalue weighted by molar-refractivity contribution is 9.10. The van der Waals surface area contributed by atoms with Gasteiger partial charge in [-0.25, -0.2) is 0 Å². The standard InChI is InChI=1S/C15H24BrN3O/c1-9(2)19-14(13(16)8-17-19)15(20)10-6-11-4-5-12(7-10)18(11)3/h8-12,15,20H,4-7H2,1-3H3. The molecule has 1 N–H and O–H groups in total. The second-order valence-electron chi connectivity index (χ2n) is 6.64. The summed E-state index contributed by atoms with van der Waals surface area (Å²) >= 11 is 3.56. The van der Waals surface area contributed by atoms with Crippen LogP contribution in [0.1, 0.15) is 57.4 Å². The Morgan fingerprint density at radius 2 is 1.90 bits per heavy atom. The first-order valence-electron chi connectivity index (χ1n) is 7.62. The van der Waals surface area contributed by atoms with Gasteiger partial charge in [-0.2, -0.15) is 5.10 Å². The number of aliphatic hydroxyl groups excluding tert-OH is 1. The molecular formula is C15H24BrN3O. The van der Waals surface area contributed by atoms with Crippen LogP contribution in [0.25, 0.3) is 0 Å². The van der Waals surface area contributed by atoms with Crippen LogP contribution in [0.3, 0.4) is 0 Å². The second kappa shape index (κ2) is 5.43. The maximum Gasteiger partial charge on any atom is 0.0997 e. The van der Waals surface area contributed by atoms with Crippen LogP contribution in [0.5, 0.6) is 0 Å². The molecule has 0 aromatic carbocycles. The second-order valence-corrected chi connectivity index (χ2v) is 7.50. The van der Waals surface area contributed by atoms with Gasteiger partial charge in [-0.3, -0.25) is 4.68 Å². The molecule has 2 aliphatic rings. The average molecular weight is 342 g/mol. The number of halogens is 1. The number of nitrogens with zero attached hydrogens (tertiary/aromatic N) is 3. The zero-order valence-electron chi connectivity index (χ0n) is 12.5. The van der Waals surface area contributed by atoms with Crippen molar-refractivity contribution in [3.8, 4) is 0 Å².